The fourth-order valence-electron chi connectivity index (χ4n) is 3.65. The van der Waals surface area contributed by atoms with Crippen molar-refractivity contribution < 1.29 is 22.9 Å². The van der Waals surface area contributed by atoms with Crippen molar-refractivity contribution in [2.24, 2.45) is 0 Å². The number of carbonyl (C=O) groups excluding carboxylic acids is 1. The van der Waals surface area contributed by atoms with Gasteiger partial charge in [-0.3, -0.25) is 15.0 Å². The van der Waals surface area contributed by atoms with Gasteiger partial charge in [0.15, 0.2) is 9.84 Å². The molecule has 1 atom stereocenters. The summed E-state index contributed by atoms with van der Waals surface area (Å²) < 4.78 is 28.5. The maximum absolute atomic E-state index is 12.5. The standard InChI is InChI=1S/C20H22ClN3O6S/c1-30-20(25)19(15-5-3-4-6-16(15)21)23-11-9-22(10-12-23)17-8-7-14(31(2,28)29)13-18(17)24(26)27/h3-8,13,19H,9-12H2,1-2H3/t19-/m0/s1. The predicted molar refractivity (Wildman–Crippen MR) is 116 cm³/mol. The number of carbonyl (C=O) groups is 1. The Morgan fingerprint density at radius 3 is 2.35 bits per heavy atom. The van der Waals surface area contributed by atoms with Crippen LogP contribution in [0.4, 0.5) is 11.4 Å². The maximum atomic E-state index is 12.5. The number of esters is 1. The second kappa shape index (κ2) is 9.21. The van der Waals surface area contributed by atoms with Crippen molar-refractivity contribution in [3.63, 3.8) is 0 Å². The average molecular weight is 468 g/mol. The molecular formula is C20H22ClN3O6S. The van der Waals surface area contributed by atoms with Gasteiger partial charge in [-0.15, -0.1) is 0 Å². The quantitative estimate of drug-likeness (QED) is 0.362. The van der Waals surface area contributed by atoms with Gasteiger partial charge in [0, 0.05) is 43.5 Å². The summed E-state index contributed by atoms with van der Waals surface area (Å²) >= 11 is 6.30. The molecule has 2 aromatic rings. The van der Waals surface area contributed by atoms with Crippen molar-refractivity contribution in [1.29, 1.82) is 0 Å². The molecule has 11 heteroatoms. The van der Waals surface area contributed by atoms with Gasteiger partial charge in [0.25, 0.3) is 5.69 Å². The second-order valence-electron chi connectivity index (χ2n) is 7.15. The van der Waals surface area contributed by atoms with Crippen LogP contribution in [-0.4, -0.2) is 63.8 Å². The summed E-state index contributed by atoms with van der Waals surface area (Å²) in [6.07, 6.45) is 1.01. The fraction of sp³-hybridized carbons (Fsp3) is 0.350. The number of methoxy groups -OCH3 is 1. The van der Waals surface area contributed by atoms with E-state index in [0.717, 1.165) is 12.3 Å². The molecule has 0 saturated carbocycles. The normalized spacial score (nSPS) is 16.0. The monoisotopic (exact) mass is 467 g/mol. The first kappa shape index (κ1) is 23.0. The van der Waals surface area contributed by atoms with Crippen LogP contribution in [0.5, 0.6) is 0 Å². The van der Waals surface area contributed by atoms with Gasteiger partial charge in [-0.25, -0.2) is 13.2 Å². The summed E-state index contributed by atoms with van der Waals surface area (Å²) in [5.74, 6) is -0.440. The van der Waals surface area contributed by atoms with Crippen molar-refractivity contribution in [3.8, 4) is 0 Å². The second-order valence-corrected chi connectivity index (χ2v) is 9.57. The summed E-state index contributed by atoms with van der Waals surface area (Å²) in [4.78, 5) is 27.1. The van der Waals surface area contributed by atoms with Crippen molar-refractivity contribution in [3.05, 3.63) is 63.2 Å². The van der Waals surface area contributed by atoms with E-state index < -0.39 is 26.8 Å². The van der Waals surface area contributed by atoms with E-state index in [2.05, 4.69) is 0 Å². The van der Waals surface area contributed by atoms with Crippen LogP contribution in [0.1, 0.15) is 11.6 Å². The van der Waals surface area contributed by atoms with Crippen molar-refractivity contribution >= 4 is 38.8 Å². The van der Waals surface area contributed by atoms with E-state index in [1.54, 1.807) is 24.3 Å². The Morgan fingerprint density at radius 2 is 1.81 bits per heavy atom. The smallest absolute Gasteiger partial charge is 0.327 e. The van der Waals surface area contributed by atoms with Crippen LogP contribution in [-0.2, 0) is 19.4 Å². The number of hydrogen-bond donors (Lipinski definition) is 0. The number of rotatable bonds is 6. The lowest BCUT2D eigenvalue weighted by molar-refractivity contribution is -0.384. The van der Waals surface area contributed by atoms with Crippen molar-refractivity contribution in [2.45, 2.75) is 10.9 Å². The Bertz CT molecular complexity index is 1100. The van der Waals surface area contributed by atoms with E-state index in [0.29, 0.717) is 42.5 Å². The maximum Gasteiger partial charge on any atom is 0.327 e. The highest BCUT2D eigenvalue weighted by atomic mass is 35.5. The first-order chi connectivity index (χ1) is 14.6. The van der Waals surface area contributed by atoms with Crippen LogP contribution in [0.25, 0.3) is 0 Å². The molecule has 0 unspecified atom stereocenters. The van der Waals surface area contributed by atoms with Crippen LogP contribution in [0, 0.1) is 10.1 Å². The van der Waals surface area contributed by atoms with Gasteiger partial charge in [-0.05, 0) is 23.8 Å². The zero-order valence-corrected chi connectivity index (χ0v) is 18.6. The molecule has 166 valence electrons. The first-order valence-corrected chi connectivity index (χ1v) is 11.7. The molecule has 1 aliphatic rings. The minimum atomic E-state index is -3.57. The Balaban J connectivity index is 1.85. The lowest BCUT2D eigenvalue weighted by atomic mass is 10.0. The Morgan fingerprint density at radius 1 is 1.16 bits per heavy atom. The summed E-state index contributed by atoms with van der Waals surface area (Å²) in [6.45, 7) is 1.65. The zero-order valence-electron chi connectivity index (χ0n) is 17.0. The highest BCUT2D eigenvalue weighted by Gasteiger charge is 2.34. The zero-order chi connectivity index (χ0) is 22.8. The number of hydrogen-bond acceptors (Lipinski definition) is 8. The van der Waals surface area contributed by atoms with Crippen molar-refractivity contribution in [2.75, 3.05) is 44.4 Å². The highest BCUT2D eigenvalue weighted by Crippen LogP contribution is 2.34. The highest BCUT2D eigenvalue weighted by molar-refractivity contribution is 7.90. The molecule has 0 bridgehead atoms. The summed E-state index contributed by atoms with van der Waals surface area (Å²) in [5.41, 5.74) is 0.698. The van der Waals surface area contributed by atoms with E-state index in [-0.39, 0.29) is 10.6 Å². The van der Waals surface area contributed by atoms with Crippen LogP contribution in [0.2, 0.25) is 5.02 Å². The number of anilines is 1. The third-order valence-corrected chi connectivity index (χ3v) is 6.67. The first-order valence-electron chi connectivity index (χ1n) is 9.43. The van der Waals surface area contributed by atoms with Gasteiger partial charge < -0.3 is 9.64 Å². The lowest BCUT2D eigenvalue weighted by Gasteiger charge is -2.39. The molecule has 31 heavy (non-hydrogen) atoms. The third kappa shape index (κ3) is 4.97. The molecule has 1 fully saturated rings. The number of nitrogens with zero attached hydrogens (tertiary/aromatic N) is 3. The number of halogens is 1. The SMILES string of the molecule is COC(=O)[C@H](c1ccccc1Cl)N1CCN(c2ccc(S(C)(=O)=O)cc2[N+](=O)[O-])CC1. The molecule has 3 rings (SSSR count). The largest absolute Gasteiger partial charge is 0.468 e. The van der Waals surface area contributed by atoms with Gasteiger partial charge >= 0.3 is 5.97 Å². The predicted octanol–water partition coefficient (Wildman–Crippen LogP) is 2.69. The van der Waals surface area contributed by atoms with Crippen LogP contribution in [0.15, 0.2) is 47.4 Å². The Kier molecular flexibility index (Phi) is 6.83. The van der Waals surface area contributed by atoms with E-state index >= 15 is 0 Å². The molecule has 0 spiro atoms. The van der Waals surface area contributed by atoms with Gasteiger partial charge in [0.1, 0.15) is 11.7 Å². The number of ether oxygens (including phenoxy) is 1. The summed E-state index contributed by atoms with van der Waals surface area (Å²) in [5, 5.41) is 12.0. The molecule has 0 aromatic heterocycles. The molecule has 9 nitrogen and oxygen atoms in total. The summed E-state index contributed by atoms with van der Waals surface area (Å²) in [7, 11) is -2.25. The van der Waals surface area contributed by atoms with Gasteiger partial charge in [-0.2, -0.15) is 0 Å². The van der Waals surface area contributed by atoms with Gasteiger partial charge in [-0.1, -0.05) is 29.8 Å². The summed E-state index contributed by atoms with van der Waals surface area (Å²) in [6, 6.07) is 10.3. The number of piperazine rings is 1. The lowest BCUT2D eigenvalue weighted by Crippen LogP contribution is -2.49. The molecule has 0 amide bonds. The molecule has 1 aliphatic heterocycles. The van der Waals surface area contributed by atoms with E-state index in [1.165, 1.54) is 19.2 Å². The number of nitro groups is 1. The fourth-order valence-corrected chi connectivity index (χ4v) is 4.53. The molecule has 0 aliphatic carbocycles. The topological polar surface area (TPSA) is 110 Å². The average Bonchev–Trinajstić information content (AvgIpc) is 2.74. The van der Waals surface area contributed by atoms with Crippen LogP contribution < -0.4 is 4.90 Å². The third-order valence-electron chi connectivity index (χ3n) is 5.22. The van der Waals surface area contributed by atoms with Crippen molar-refractivity contribution in [1.82, 2.24) is 4.90 Å². The van der Waals surface area contributed by atoms with Crippen LogP contribution >= 0.6 is 11.6 Å². The van der Waals surface area contributed by atoms with E-state index in [1.807, 2.05) is 9.80 Å². The van der Waals surface area contributed by atoms with E-state index in [9.17, 15) is 23.3 Å². The number of sulfone groups is 1. The molecule has 0 N–H and O–H groups in total. The van der Waals surface area contributed by atoms with Gasteiger partial charge in [0.2, 0.25) is 0 Å². The number of nitro benzene ring substituents is 1. The minimum Gasteiger partial charge on any atom is -0.468 e. The molecule has 1 saturated heterocycles. The minimum absolute atomic E-state index is 0.105. The molecule has 2 aromatic carbocycles. The van der Waals surface area contributed by atoms with Crippen LogP contribution in [0.3, 0.4) is 0 Å². The Hall–Kier alpha value is -2.69. The van der Waals surface area contributed by atoms with E-state index in [4.69, 9.17) is 16.3 Å². The molecular weight excluding hydrogens is 446 g/mol. The number of benzene rings is 2. The molecule has 1 heterocycles. The molecule has 0 radical (unpaired) electrons. The van der Waals surface area contributed by atoms with Gasteiger partial charge in [0.05, 0.1) is 16.9 Å². The Labute approximate surface area is 185 Å².